The van der Waals surface area contributed by atoms with Crippen LogP contribution in [0.5, 0.6) is 5.75 Å². The Bertz CT molecular complexity index is 921. The van der Waals surface area contributed by atoms with Crippen LogP contribution in [0, 0.1) is 11.8 Å². The van der Waals surface area contributed by atoms with Crippen LogP contribution in [0.2, 0.25) is 0 Å². The van der Waals surface area contributed by atoms with Crippen molar-refractivity contribution < 1.29 is 19.2 Å². The van der Waals surface area contributed by atoms with E-state index in [0.717, 1.165) is 43.7 Å². The second kappa shape index (κ2) is 10.1. The Labute approximate surface area is 195 Å². The van der Waals surface area contributed by atoms with E-state index in [2.05, 4.69) is 39.1 Å². The Balaban J connectivity index is 1.23. The highest BCUT2D eigenvalue weighted by atomic mass is 16.5. The minimum Gasteiger partial charge on any atom is -0.497 e. The molecule has 2 saturated heterocycles. The second-order valence-corrected chi connectivity index (χ2v) is 9.71. The van der Waals surface area contributed by atoms with Gasteiger partial charge in [0.2, 0.25) is 11.7 Å². The summed E-state index contributed by atoms with van der Waals surface area (Å²) in [4.78, 5) is 21.6. The van der Waals surface area contributed by atoms with Crippen LogP contribution in [0.3, 0.4) is 0 Å². The van der Waals surface area contributed by atoms with Gasteiger partial charge in [0.25, 0.3) is 0 Å². The van der Waals surface area contributed by atoms with Crippen molar-refractivity contribution in [2.45, 2.75) is 38.6 Å². The maximum Gasteiger partial charge on any atom is 0.324 e. The van der Waals surface area contributed by atoms with Crippen molar-refractivity contribution in [2.24, 2.45) is 11.8 Å². The summed E-state index contributed by atoms with van der Waals surface area (Å²) in [7, 11) is 1.63. The van der Waals surface area contributed by atoms with Gasteiger partial charge < -0.3 is 24.6 Å². The van der Waals surface area contributed by atoms with Gasteiger partial charge in [-0.15, -0.1) is 0 Å². The maximum absolute atomic E-state index is 12.7. The SMILES string of the molecule is COc1ccc(-c2noc(N3CCC(C(=O)NCC4CCN(C(C)(C)CO)C4)CC3)n2)cc1. The summed E-state index contributed by atoms with van der Waals surface area (Å²) in [6.45, 7) is 8.28. The van der Waals surface area contributed by atoms with Crippen molar-refractivity contribution in [2.75, 3.05) is 51.3 Å². The van der Waals surface area contributed by atoms with E-state index in [9.17, 15) is 9.90 Å². The van der Waals surface area contributed by atoms with Gasteiger partial charge in [0.15, 0.2) is 0 Å². The van der Waals surface area contributed by atoms with E-state index in [-0.39, 0.29) is 24.0 Å². The van der Waals surface area contributed by atoms with E-state index in [0.29, 0.717) is 37.4 Å². The van der Waals surface area contributed by atoms with Gasteiger partial charge in [0, 0.05) is 43.2 Å². The van der Waals surface area contributed by atoms with Gasteiger partial charge in [0.05, 0.1) is 13.7 Å². The minimum absolute atomic E-state index is 0.0108. The van der Waals surface area contributed by atoms with Gasteiger partial charge in [-0.2, -0.15) is 4.98 Å². The van der Waals surface area contributed by atoms with Crippen molar-refractivity contribution in [3.63, 3.8) is 0 Å². The monoisotopic (exact) mass is 457 g/mol. The number of aliphatic hydroxyl groups is 1. The van der Waals surface area contributed by atoms with Crippen LogP contribution in [0.15, 0.2) is 28.8 Å². The normalized spacial score (nSPS) is 20.2. The number of carbonyl (C=O) groups excluding carboxylic acids is 1. The van der Waals surface area contributed by atoms with Gasteiger partial charge in [-0.05, 0) is 69.8 Å². The van der Waals surface area contributed by atoms with E-state index >= 15 is 0 Å². The van der Waals surface area contributed by atoms with Crippen molar-refractivity contribution in [1.82, 2.24) is 20.4 Å². The quantitative estimate of drug-likeness (QED) is 0.622. The molecule has 3 heterocycles. The van der Waals surface area contributed by atoms with Gasteiger partial charge in [-0.1, -0.05) is 5.16 Å². The Hall–Kier alpha value is -2.65. The molecule has 0 bridgehead atoms. The predicted octanol–water partition coefficient (Wildman–Crippen LogP) is 2.17. The summed E-state index contributed by atoms with van der Waals surface area (Å²) in [5.74, 6) is 1.91. The first-order valence-electron chi connectivity index (χ1n) is 11.8. The zero-order valence-electron chi connectivity index (χ0n) is 19.8. The molecule has 9 nitrogen and oxygen atoms in total. The number of hydrogen-bond acceptors (Lipinski definition) is 8. The Morgan fingerprint density at radius 3 is 2.61 bits per heavy atom. The fraction of sp³-hybridized carbons (Fsp3) is 0.625. The van der Waals surface area contributed by atoms with Crippen LogP contribution >= 0.6 is 0 Å². The molecule has 0 aliphatic carbocycles. The molecule has 0 saturated carbocycles. The summed E-state index contributed by atoms with van der Waals surface area (Å²) in [6, 6.07) is 8.03. The Kier molecular flexibility index (Phi) is 7.19. The molecular weight excluding hydrogens is 422 g/mol. The predicted molar refractivity (Wildman–Crippen MR) is 125 cm³/mol. The lowest BCUT2D eigenvalue weighted by Gasteiger charge is -2.34. The number of methoxy groups -OCH3 is 1. The lowest BCUT2D eigenvalue weighted by molar-refractivity contribution is -0.125. The summed E-state index contributed by atoms with van der Waals surface area (Å²) < 4.78 is 10.7. The smallest absolute Gasteiger partial charge is 0.324 e. The van der Waals surface area contributed by atoms with Gasteiger partial charge in [-0.25, -0.2) is 0 Å². The number of carbonyl (C=O) groups is 1. The molecule has 2 aromatic rings. The van der Waals surface area contributed by atoms with Crippen molar-refractivity contribution in [3.8, 4) is 17.1 Å². The largest absolute Gasteiger partial charge is 0.497 e. The lowest BCUT2D eigenvalue weighted by Crippen LogP contribution is -2.46. The molecule has 4 rings (SSSR count). The highest BCUT2D eigenvalue weighted by molar-refractivity contribution is 5.79. The number of likely N-dealkylation sites (tertiary alicyclic amines) is 1. The van der Waals surface area contributed by atoms with Crippen molar-refractivity contribution in [3.05, 3.63) is 24.3 Å². The van der Waals surface area contributed by atoms with Crippen LogP contribution < -0.4 is 15.0 Å². The molecule has 33 heavy (non-hydrogen) atoms. The zero-order chi connectivity index (χ0) is 23.4. The average Bonchev–Trinajstić information content (AvgIpc) is 3.53. The van der Waals surface area contributed by atoms with E-state index in [1.165, 1.54) is 0 Å². The van der Waals surface area contributed by atoms with E-state index in [1.807, 2.05) is 24.3 Å². The number of piperidine rings is 1. The van der Waals surface area contributed by atoms with E-state index in [1.54, 1.807) is 7.11 Å². The fourth-order valence-electron chi connectivity index (χ4n) is 4.57. The molecule has 1 amide bonds. The molecule has 2 aliphatic heterocycles. The van der Waals surface area contributed by atoms with Crippen LogP contribution in [0.25, 0.3) is 11.4 Å². The van der Waals surface area contributed by atoms with E-state index < -0.39 is 0 Å². The number of hydrogen-bond donors (Lipinski definition) is 2. The van der Waals surface area contributed by atoms with Crippen LogP contribution in [-0.4, -0.2) is 78.0 Å². The van der Waals surface area contributed by atoms with Crippen LogP contribution in [0.1, 0.15) is 33.1 Å². The molecule has 9 heteroatoms. The molecule has 0 spiro atoms. The van der Waals surface area contributed by atoms with Crippen LogP contribution in [0.4, 0.5) is 6.01 Å². The van der Waals surface area contributed by atoms with Gasteiger partial charge >= 0.3 is 6.01 Å². The standard InChI is InChI=1S/C24H35N5O4/c1-24(2,16-30)29-13-8-17(15-29)14-25-22(31)19-9-11-28(12-10-19)23-26-21(27-33-23)18-4-6-20(32-3)7-5-18/h4-7,17,19,30H,8-16H2,1-3H3,(H,25,31). The summed E-state index contributed by atoms with van der Waals surface area (Å²) in [5, 5.41) is 16.8. The average molecular weight is 458 g/mol. The minimum atomic E-state index is -0.201. The van der Waals surface area contributed by atoms with Gasteiger partial charge in [-0.3, -0.25) is 9.69 Å². The topological polar surface area (TPSA) is 104 Å². The second-order valence-electron chi connectivity index (χ2n) is 9.71. The molecule has 2 N–H and O–H groups in total. The zero-order valence-corrected chi connectivity index (χ0v) is 19.8. The molecule has 0 radical (unpaired) electrons. The number of nitrogens with one attached hydrogen (secondary N) is 1. The molecule has 2 fully saturated rings. The summed E-state index contributed by atoms with van der Waals surface area (Å²) in [5.41, 5.74) is 0.668. The summed E-state index contributed by atoms with van der Waals surface area (Å²) >= 11 is 0. The van der Waals surface area contributed by atoms with Gasteiger partial charge in [0.1, 0.15) is 5.75 Å². The van der Waals surface area contributed by atoms with E-state index in [4.69, 9.17) is 9.26 Å². The first-order chi connectivity index (χ1) is 15.9. The maximum atomic E-state index is 12.7. The number of ether oxygens (including phenoxy) is 1. The molecule has 1 aromatic carbocycles. The number of rotatable bonds is 8. The Morgan fingerprint density at radius 1 is 1.21 bits per heavy atom. The molecule has 1 atom stereocenters. The number of aliphatic hydroxyl groups excluding tert-OH is 1. The third-order valence-electron chi connectivity index (χ3n) is 6.99. The fourth-order valence-corrected chi connectivity index (χ4v) is 4.57. The number of aromatic nitrogens is 2. The molecule has 1 aromatic heterocycles. The lowest BCUT2D eigenvalue weighted by atomic mass is 9.96. The third kappa shape index (κ3) is 5.47. The van der Waals surface area contributed by atoms with Crippen molar-refractivity contribution >= 4 is 11.9 Å². The molecule has 180 valence electrons. The highest BCUT2D eigenvalue weighted by Crippen LogP contribution is 2.27. The Morgan fingerprint density at radius 2 is 1.94 bits per heavy atom. The number of nitrogens with zero attached hydrogens (tertiary/aromatic N) is 4. The summed E-state index contributed by atoms with van der Waals surface area (Å²) in [6.07, 6.45) is 2.58. The molecular formula is C24H35N5O4. The molecule has 1 unspecified atom stereocenters. The van der Waals surface area contributed by atoms with Crippen LogP contribution in [-0.2, 0) is 4.79 Å². The first-order valence-corrected chi connectivity index (χ1v) is 11.8. The first kappa shape index (κ1) is 23.5. The molecule has 2 aliphatic rings. The highest BCUT2D eigenvalue weighted by Gasteiger charge is 2.34. The third-order valence-corrected chi connectivity index (χ3v) is 6.99. The number of anilines is 1. The number of benzene rings is 1. The van der Waals surface area contributed by atoms with Crippen molar-refractivity contribution in [1.29, 1.82) is 0 Å². The number of amides is 1.